The van der Waals surface area contributed by atoms with Crippen molar-refractivity contribution in [3.63, 3.8) is 0 Å². The van der Waals surface area contributed by atoms with Gasteiger partial charge in [-0.3, -0.25) is 14.7 Å². The van der Waals surface area contributed by atoms with Crippen LogP contribution in [-0.4, -0.2) is 71.1 Å². The molecule has 8 heteroatoms. The number of cyclic esters (lactones) is 1. The number of carbonyl (C=O) groups is 2. The summed E-state index contributed by atoms with van der Waals surface area (Å²) >= 11 is 0. The molecular formula is C22H25N5O3. The number of hydrogen-bond donors (Lipinski definition) is 0. The highest BCUT2D eigenvalue weighted by Gasteiger charge is 2.50. The molecule has 1 aromatic heterocycles. The van der Waals surface area contributed by atoms with Crippen molar-refractivity contribution in [3.05, 3.63) is 54.0 Å². The number of aromatic nitrogens is 2. The zero-order chi connectivity index (χ0) is 20.7. The van der Waals surface area contributed by atoms with Crippen LogP contribution < -0.4 is 4.90 Å². The summed E-state index contributed by atoms with van der Waals surface area (Å²) in [5.41, 5.74) is 2.36. The van der Waals surface area contributed by atoms with Crippen LogP contribution in [0.4, 0.5) is 10.6 Å². The smallest absolute Gasteiger partial charge is 0.410 e. The minimum atomic E-state index is -0.399. The minimum absolute atomic E-state index is 0.0102. The first-order chi connectivity index (χ1) is 14.6. The van der Waals surface area contributed by atoms with Gasteiger partial charge in [-0.15, -0.1) is 0 Å². The number of rotatable bonds is 4. The summed E-state index contributed by atoms with van der Waals surface area (Å²) in [6.45, 7) is 5.36. The third-order valence-corrected chi connectivity index (χ3v) is 6.54. The molecule has 0 unspecified atom stereocenters. The second-order valence-corrected chi connectivity index (χ2v) is 8.28. The van der Waals surface area contributed by atoms with Gasteiger partial charge in [0.05, 0.1) is 18.8 Å². The van der Waals surface area contributed by atoms with E-state index in [4.69, 9.17) is 4.74 Å². The molecule has 1 aromatic carbocycles. The van der Waals surface area contributed by atoms with Crippen LogP contribution in [0.1, 0.15) is 17.2 Å². The number of carbonyl (C=O) groups excluding carboxylic acids is 2. The van der Waals surface area contributed by atoms with Crippen molar-refractivity contribution in [3.8, 4) is 0 Å². The molecule has 0 spiro atoms. The maximum atomic E-state index is 13.3. The SMILES string of the molecule is Cc1ccccc1[C@@H]1[C@H]2CN(c3cnccn3)C[C@H]2CN1C(=O)CN1CCOC1=O. The number of aryl methyl sites for hydroxylation is 1. The van der Waals surface area contributed by atoms with Crippen molar-refractivity contribution < 1.29 is 14.3 Å². The quantitative estimate of drug-likeness (QED) is 0.770. The molecule has 8 nitrogen and oxygen atoms in total. The maximum Gasteiger partial charge on any atom is 0.410 e. The van der Waals surface area contributed by atoms with Crippen molar-refractivity contribution >= 4 is 17.8 Å². The molecule has 0 saturated carbocycles. The van der Waals surface area contributed by atoms with E-state index in [1.807, 2.05) is 17.0 Å². The van der Waals surface area contributed by atoms with E-state index in [1.54, 1.807) is 18.6 Å². The average molecular weight is 407 g/mol. The summed E-state index contributed by atoms with van der Waals surface area (Å²) < 4.78 is 4.99. The highest BCUT2D eigenvalue weighted by molar-refractivity contribution is 5.83. The van der Waals surface area contributed by atoms with Gasteiger partial charge >= 0.3 is 6.09 Å². The lowest BCUT2D eigenvalue weighted by atomic mass is 9.87. The molecule has 30 heavy (non-hydrogen) atoms. The fourth-order valence-corrected chi connectivity index (χ4v) is 5.08. The van der Waals surface area contributed by atoms with E-state index in [1.165, 1.54) is 16.0 Å². The zero-order valence-corrected chi connectivity index (χ0v) is 17.0. The minimum Gasteiger partial charge on any atom is -0.448 e. The Morgan fingerprint density at radius 3 is 2.80 bits per heavy atom. The van der Waals surface area contributed by atoms with Crippen LogP contribution in [0.15, 0.2) is 42.9 Å². The summed E-state index contributed by atoms with van der Waals surface area (Å²) in [5.74, 6) is 1.53. The van der Waals surface area contributed by atoms with Gasteiger partial charge in [0, 0.05) is 43.9 Å². The zero-order valence-electron chi connectivity index (χ0n) is 17.0. The number of amides is 2. The largest absolute Gasteiger partial charge is 0.448 e. The normalized spacial score (nSPS) is 25.6. The van der Waals surface area contributed by atoms with Crippen molar-refractivity contribution in [2.75, 3.05) is 44.2 Å². The Labute approximate surface area is 175 Å². The highest BCUT2D eigenvalue weighted by atomic mass is 16.6. The molecule has 3 fully saturated rings. The van der Waals surface area contributed by atoms with Crippen molar-refractivity contribution in [1.82, 2.24) is 19.8 Å². The molecule has 3 aliphatic rings. The van der Waals surface area contributed by atoms with Crippen LogP contribution in [0.5, 0.6) is 0 Å². The highest BCUT2D eigenvalue weighted by Crippen LogP contribution is 2.46. The molecule has 4 heterocycles. The van der Waals surface area contributed by atoms with Gasteiger partial charge in [-0.1, -0.05) is 24.3 Å². The predicted octanol–water partition coefficient (Wildman–Crippen LogP) is 1.87. The molecule has 0 bridgehead atoms. The third-order valence-electron chi connectivity index (χ3n) is 6.54. The van der Waals surface area contributed by atoms with Crippen LogP contribution in [0.3, 0.4) is 0 Å². The Bertz CT molecular complexity index is 953. The number of ether oxygens (including phenoxy) is 1. The fourth-order valence-electron chi connectivity index (χ4n) is 5.08. The molecule has 2 aromatic rings. The summed E-state index contributed by atoms with van der Waals surface area (Å²) in [6.07, 6.45) is 4.79. The van der Waals surface area contributed by atoms with Crippen LogP contribution >= 0.6 is 0 Å². The Hall–Kier alpha value is -3.16. The standard InChI is InChI=1S/C22H25N5O3/c1-15-4-2-3-5-17(15)21-18-13-26(19-10-23-6-7-24-19)11-16(18)12-27(21)20(28)14-25-8-9-30-22(25)29/h2-7,10,16,18,21H,8-9,11-14H2,1H3/t16-,18-,21+/m0/s1. The summed E-state index contributed by atoms with van der Waals surface area (Å²) in [6, 6.07) is 8.27. The molecule has 3 saturated heterocycles. The maximum absolute atomic E-state index is 13.3. The van der Waals surface area contributed by atoms with Gasteiger partial charge in [0.1, 0.15) is 19.0 Å². The molecule has 2 amide bonds. The molecule has 156 valence electrons. The first-order valence-corrected chi connectivity index (χ1v) is 10.4. The molecular weight excluding hydrogens is 382 g/mol. The van der Waals surface area contributed by atoms with Crippen LogP contribution in [-0.2, 0) is 9.53 Å². The van der Waals surface area contributed by atoms with Crippen LogP contribution in [0.25, 0.3) is 0 Å². The molecule has 3 aliphatic heterocycles. The van der Waals surface area contributed by atoms with Gasteiger partial charge in [-0.2, -0.15) is 0 Å². The van der Waals surface area contributed by atoms with E-state index in [0.717, 1.165) is 18.9 Å². The van der Waals surface area contributed by atoms with Gasteiger partial charge in [0.2, 0.25) is 5.91 Å². The van der Waals surface area contributed by atoms with E-state index < -0.39 is 6.09 Å². The second kappa shape index (κ2) is 7.59. The molecule has 0 radical (unpaired) electrons. The monoisotopic (exact) mass is 407 g/mol. The Kier molecular flexibility index (Phi) is 4.77. The van der Waals surface area contributed by atoms with Crippen molar-refractivity contribution in [2.24, 2.45) is 11.8 Å². The van der Waals surface area contributed by atoms with Crippen LogP contribution in [0, 0.1) is 18.8 Å². The molecule has 3 atom stereocenters. The van der Waals surface area contributed by atoms with Gasteiger partial charge in [-0.05, 0) is 18.1 Å². The molecule has 5 rings (SSSR count). The summed E-state index contributed by atoms with van der Waals surface area (Å²) in [7, 11) is 0. The van der Waals surface area contributed by atoms with Gasteiger partial charge in [0.15, 0.2) is 0 Å². The van der Waals surface area contributed by atoms with E-state index in [-0.39, 0.29) is 18.5 Å². The van der Waals surface area contributed by atoms with Gasteiger partial charge in [-0.25, -0.2) is 9.78 Å². The topological polar surface area (TPSA) is 78.9 Å². The predicted molar refractivity (Wildman–Crippen MR) is 110 cm³/mol. The lowest BCUT2D eigenvalue weighted by Crippen LogP contribution is -2.42. The fraction of sp³-hybridized carbons (Fsp3) is 0.455. The van der Waals surface area contributed by atoms with E-state index in [2.05, 4.69) is 33.9 Å². The number of nitrogens with zero attached hydrogens (tertiary/aromatic N) is 5. The first kappa shape index (κ1) is 18.8. The van der Waals surface area contributed by atoms with E-state index in [9.17, 15) is 9.59 Å². The number of benzene rings is 1. The lowest BCUT2D eigenvalue weighted by molar-refractivity contribution is -0.133. The number of fused-ring (bicyclic) bond motifs is 1. The van der Waals surface area contributed by atoms with Gasteiger partial charge < -0.3 is 14.5 Å². The number of likely N-dealkylation sites (tertiary alicyclic amines) is 1. The van der Waals surface area contributed by atoms with Crippen molar-refractivity contribution in [2.45, 2.75) is 13.0 Å². The van der Waals surface area contributed by atoms with Gasteiger partial charge in [0.25, 0.3) is 0 Å². The average Bonchev–Trinajstić information content (AvgIpc) is 3.44. The third kappa shape index (κ3) is 3.26. The molecule has 0 aliphatic carbocycles. The number of hydrogen-bond acceptors (Lipinski definition) is 6. The summed E-state index contributed by atoms with van der Waals surface area (Å²) in [4.78, 5) is 39.5. The Morgan fingerprint density at radius 1 is 1.20 bits per heavy atom. The molecule has 0 N–H and O–H groups in total. The van der Waals surface area contributed by atoms with E-state index in [0.29, 0.717) is 31.5 Å². The van der Waals surface area contributed by atoms with Crippen molar-refractivity contribution in [1.29, 1.82) is 0 Å². The summed E-state index contributed by atoms with van der Waals surface area (Å²) in [5, 5.41) is 0. The first-order valence-electron chi connectivity index (χ1n) is 10.4. The van der Waals surface area contributed by atoms with E-state index >= 15 is 0 Å². The Balaban J connectivity index is 1.42. The number of anilines is 1. The second-order valence-electron chi connectivity index (χ2n) is 8.28. The Morgan fingerprint density at radius 2 is 2.07 bits per heavy atom. The van der Waals surface area contributed by atoms with Crippen LogP contribution in [0.2, 0.25) is 0 Å². The lowest BCUT2D eigenvalue weighted by Gasteiger charge is -2.32.